The second-order valence-corrected chi connectivity index (χ2v) is 7.57. The summed E-state index contributed by atoms with van der Waals surface area (Å²) in [6, 6.07) is 7.11. The van der Waals surface area contributed by atoms with Crippen molar-refractivity contribution in [1.29, 1.82) is 0 Å². The number of rotatable bonds is 6. The van der Waals surface area contributed by atoms with Gasteiger partial charge in [-0.25, -0.2) is 8.42 Å². The van der Waals surface area contributed by atoms with Crippen LogP contribution in [0.5, 0.6) is 5.75 Å². The summed E-state index contributed by atoms with van der Waals surface area (Å²) < 4.78 is 28.3. The Morgan fingerprint density at radius 2 is 1.95 bits per heavy atom. The van der Waals surface area contributed by atoms with E-state index >= 15 is 0 Å². The van der Waals surface area contributed by atoms with E-state index < -0.39 is 9.84 Å². The minimum atomic E-state index is -3.12. The topological polar surface area (TPSA) is 46.4 Å². The van der Waals surface area contributed by atoms with E-state index in [0.29, 0.717) is 23.5 Å². The first-order chi connectivity index (χ1) is 8.86. The van der Waals surface area contributed by atoms with Gasteiger partial charge in [-0.2, -0.15) is 0 Å². The molecule has 2 unspecified atom stereocenters. The molecule has 2 rings (SSSR count). The molecule has 1 aliphatic heterocycles. The Kier molecular flexibility index (Phi) is 4.16. The molecule has 2 atom stereocenters. The zero-order valence-electron chi connectivity index (χ0n) is 11.7. The lowest BCUT2D eigenvalue weighted by atomic mass is 10.2. The maximum atomic E-state index is 11.3. The largest absolute Gasteiger partial charge is 0.492 e. The van der Waals surface area contributed by atoms with Gasteiger partial charge < -0.3 is 4.74 Å². The van der Waals surface area contributed by atoms with E-state index in [0.717, 1.165) is 18.8 Å². The molecule has 19 heavy (non-hydrogen) atoms. The molecular formula is C14H21NO3S. The van der Waals surface area contributed by atoms with Crippen LogP contribution in [0, 0.1) is 5.92 Å². The number of benzene rings is 1. The van der Waals surface area contributed by atoms with Gasteiger partial charge in [-0.05, 0) is 30.2 Å². The van der Waals surface area contributed by atoms with E-state index in [9.17, 15) is 8.42 Å². The molecule has 1 heterocycles. The first-order valence-corrected chi connectivity index (χ1v) is 8.42. The standard InChI is InChI=1S/C14H21NO3S/c1-11(2)8-15-9-12(15)10-18-13-4-6-14(7-5-13)19(3,16)17/h4-7,11-12H,8-10H2,1-3H3. The number of hydrogen-bond acceptors (Lipinski definition) is 4. The first kappa shape index (κ1) is 14.3. The summed E-state index contributed by atoms with van der Waals surface area (Å²) in [6.45, 7) is 7.30. The van der Waals surface area contributed by atoms with Gasteiger partial charge in [0.15, 0.2) is 9.84 Å². The van der Waals surface area contributed by atoms with E-state index in [1.165, 1.54) is 6.26 Å². The molecule has 0 amide bonds. The van der Waals surface area contributed by atoms with Crippen LogP contribution in [0.3, 0.4) is 0 Å². The normalized spacial score (nSPS) is 22.5. The fraction of sp³-hybridized carbons (Fsp3) is 0.571. The van der Waals surface area contributed by atoms with Gasteiger partial charge in [-0.3, -0.25) is 4.90 Å². The van der Waals surface area contributed by atoms with Crippen molar-refractivity contribution in [3.05, 3.63) is 24.3 Å². The van der Waals surface area contributed by atoms with Crippen LogP contribution in [0.2, 0.25) is 0 Å². The van der Waals surface area contributed by atoms with Gasteiger partial charge in [0, 0.05) is 19.3 Å². The van der Waals surface area contributed by atoms with Gasteiger partial charge in [0.05, 0.1) is 10.9 Å². The van der Waals surface area contributed by atoms with Crippen molar-refractivity contribution in [2.24, 2.45) is 5.92 Å². The third-order valence-electron chi connectivity index (χ3n) is 3.12. The highest BCUT2D eigenvalue weighted by Gasteiger charge is 2.34. The van der Waals surface area contributed by atoms with Crippen LogP contribution >= 0.6 is 0 Å². The van der Waals surface area contributed by atoms with E-state index in [1.807, 2.05) is 0 Å². The van der Waals surface area contributed by atoms with Crippen LogP contribution in [0.1, 0.15) is 13.8 Å². The zero-order valence-corrected chi connectivity index (χ0v) is 12.5. The van der Waals surface area contributed by atoms with Gasteiger partial charge >= 0.3 is 0 Å². The summed E-state index contributed by atoms with van der Waals surface area (Å²) in [6.07, 6.45) is 1.21. The van der Waals surface area contributed by atoms with Gasteiger partial charge in [0.2, 0.25) is 0 Å². The highest BCUT2D eigenvalue weighted by molar-refractivity contribution is 7.90. The molecule has 1 aliphatic rings. The average molecular weight is 283 g/mol. The number of sulfone groups is 1. The Balaban J connectivity index is 1.82. The van der Waals surface area contributed by atoms with Crippen molar-refractivity contribution in [1.82, 2.24) is 4.90 Å². The van der Waals surface area contributed by atoms with Crippen LogP contribution in [0.15, 0.2) is 29.2 Å². The van der Waals surface area contributed by atoms with Gasteiger partial charge in [0.1, 0.15) is 12.4 Å². The van der Waals surface area contributed by atoms with Crippen LogP contribution < -0.4 is 4.74 Å². The van der Waals surface area contributed by atoms with E-state index in [2.05, 4.69) is 18.7 Å². The zero-order chi connectivity index (χ0) is 14.0. The van der Waals surface area contributed by atoms with Gasteiger partial charge in [-0.15, -0.1) is 0 Å². The lowest BCUT2D eigenvalue weighted by Gasteiger charge is -2.08. The lowest BCUT2D eigenvalue weighted by molar-refractivity contribution is 0.287. The molecule has 1 aromatic carbocycles. The van der Waals surface area contributed by atoms with Gasteiger partial charge in [-0.1, -0.05) is 13.8 Å². The smallest absolute Gasteiger partial charge is 0.175 e. The Hall–Kier alpha value is -1.07. The second kappa shape index (κ2) is 5.51. The van der Waals surface area contributed by atoms with Gasteiger partial charge in [0.25, 0.3) is 0 Å². The van der Waals surface area contributed by atoms with Crippen molar-refractivity contribution >= 4 is 9.84 Å². The number of hydrogen-bond donors (Lipinski definition) is 0. The highest BCUT2D eigenvalue weighted by Crippen LogP contribution is 2.21. The molecule has 0 bridgehead atoms. The molecule has 0 radical (unpaired) electrons. The Morgan fingerprint density at radius 3 is 2.47 bits per heavy atom. The van der Waals surface area contributed by atoms with E-state index in [4.69, 9.17) is 4.74 Å². The maximum absolute atomic E-state index is 11.3. The molecule has 0 saturated carbocycles. The number of ether oxygens (including phenoxy) is 1. The number of nitrogens with zero attached hydrogens (tertiary/aromatic N) is 1. The third-order valence-corrected chi connectivity index (χ3v) is 4.25. The quantitative estimate of drug-likeness (QED) is 0.747. The molecule has 0 aliphatic carbocycles. The fourth-order valence-corrected chi connectivity index (χ4v) is 2.68. The molecular weight excluding hydrogens is 262 g/mol. The Morgan fingerprint density at radius 1 is 1.32 bits per heavy atom. The lowest BCUT2D eigenvalue weighted by Crippen LogP contribution is -2.14. The SMILES string of the molecule is CC(C)CN1CC1COc1ccc(S(C)(=O)=O)cc1. The first-order valence-electron chi connectivity index (χ1n) is 6.53. The Bertz CT molecular complexity index is 522. The molecule has 0 spiro atoms. The molecule has 0 aromatic heterocycles. The van der Waals surface area contributed by atoms with Crippen molar-refractivity contribution in [3.63, 3.8) is 0 Å². The van der Waals surface area contributed by atoms with Crippen molar-refractivity contribution in [2.75, 3.05) is 26.0 Å². The van der Waals surface area contributed by atoms with Crippen molar-refractivity contribution < 1.29 is 13.2 Å². The third kappa shape index (κ3) is 4.21. The minimum absolute atomic E-state index is 0.327. The van der Waals surface area contributed by atoms with Crippen LogP contribution in [-0.2, 0) is 9.84 Å². The molecule has 1 aromatic rings. The molecule has 5 heteroatoms. The predicted molar refractivity (Wildman–Crippen MR) is 75.2 cm³/mol. The highest BCUT2D eigenvalue weighted by atomic mass is 32.2. The van der Waals surface area contributed by atoms with Crippen molar-refractivity contribution in [2.45, 2.75) is 24.8 Å². The van der Waals surface area contributed by atoms with Crippen LogP contribution in [0.4, 0.5) is 0 Å². The molecule has 106 valence electrons. The summed E-state index contributed by atoms with van der Waals surface area (Å²) in [7, 11) is -3.12. The summed E-state index contributed by atoms with van der Waals surface area (Å²) in [4.78, 5) is 2.71. The predicted octanol–water partition coefficient (Wildman–Crippen LogP) is 1.81. The minimum Gasteiger partial charge on any atom is -0.492 e. The maximum Gasteiger partial charge on any atom is 0.175 e. The summed E-state index contributed by atoms with van der Waals surface area (Å²) in [5.74, 6) is 1.41. The van der Waals surface area contributed by atoms with E-state index in [-0.39, 0.29) is 0 Å². The monoisotopic (exact) mass is 283 g/mol. The molecule has 1 fully saturated rings. The van der Waals surface area contributed by atoms with E-state index in [1.54, 1.807) is 24.3 Å². The van der Waals surface area contributed by atoms with Crippen molar-refractivity contribution in [3.8, 4) is 5.75 Å². The summed E-state index contributed by atoms with van der Waals surface area (Å²) in [5, 5.41) is 0. The van der Waals surface area contributed by atoms with Crippen LogP contribution in [0.25, 0.3) is 0 Å². The Labute approximate surface area is 115 Å². The molecule has 1 saturated heterocycles. The fourth-order valence-electron chi connectivity index (χ4n) is 2.05. The second-order valence-electron chi connectivity index (χ2n) is 5.56. The summed E-state index contributed by atoms with van der Waals surface area (Å²) >= 11 is 0. The average Bonchev–Trinajstić information content (AvgIpc) is 3.03. The summed E-state index contributed by atoms with van der Waals surface area (Å²) in [5.41, 5.74) is 0. The van der Waals surface area contributed by atoms with Crippen LogP contribution in [-0.4, -0.2) is 45.3 Å². The molecule has 4 nitrogen and oxygen atoms in total. The molecule has 0 N–H and O–H groups in total.